The van der Waals surface area contributed by atoms with Gasteiger partial charge in [-0.15, -0.1) is 0 Å². The minimum atomic E-state index is -3.26. The van der Waals surface area contributed by atoms with E-state index in [4.69, 9.17) is 9.84 Å². The molecule has 0 aromatic carbocycles. The van der Waals surface area contributed by atoms with Crippen molar-refractivity contribution in [1.29, 1.82) is 0 Å². The monoisotopic (exact) mass is 253 g/mol. The number of hydrogen-bond acceptors (Lipinski definition) is 4. The van der Waals surface area contributed by atoms with Crippen LogP contribution in [0.25, 0.3) is 0 Å². The van der Waals surface area contributed by atoms with Gasteiger partial charge in [-0.05, 0) is 12.3 Å². The summed E-state index contributed by atoms with van der Waals surface area (Å²) in [7, 11) is -1.73. The maximum absolute atomic E-state index is 11.9. The van der Waals surface area contributed by atoms with Crippen LogP contribution in [0.1, 0.15) is 20.3 Å². The molecule has 0 rings (SSSR count). The Bertz CT molecular complexity index is 264. The molecule has 16 heavy (non-hydrogen) atoms. The van der Waals surface area contributed by atoms with Crippen LogP contribution in [0, 0.1) is 5.92 Å². The maximum atomic E-state index is 11.9. The topological polar surface area (TPSA) is 66.8 Å². The molecule has 0 amide bonds. The first-order chi connectivity index (χ1) is 7.44. The molecule has 0 atom stereocenters. The van der Waals surface area contributed by atoms with E-state index >= 15 is 0 Å². The molecule has 0 saturated carbocycles. The summed E-state index contributed by atoms with van der Waals surface area (Å²) in [6, 6.07) is 0. The lowest BCUT2D eigenvalue weighted by molar-refractivity contribution is 0.168. The first kappa shape index (κ1) is 15.8. The van der Waals surface area contributed by atoms with Gasteiger partial charge in [0, 0.05) is 20.2 Å². The number of aliphatic hydroxyl groups is 1. The van der Waals surface area contributed by atoms with Crippen LogP contribution in [0.5, 0.6) is 0 Å². The van der Waals surface area contributed by atoms with Crippen molar-refractivity contribution in [3.05, 3.63) is 0 Å². The fourth-order valence-corrected chi connectivity index (χ4v) is 2.95. The largest absolute Gasteiger partial charge is 0.395 e. The average molecular weight is 253 g/mol. The first-order valence-electron chi connectivity index (χ1n) is 5.51. The van der Waals surface area contributed by atoms with Crippen molar-refractivity contribution in [1.82, 2.24) is 4.31 Å². The zero-order chi connectivity index (χ0) is 12.6. The average Bonchev–Trinajstić information content (AvgIpc) is 2.21. The Labute approximate surface area is 98.5 Å². The number of ether oxygens (including phenoxy) is 1. The van der Waals surface area contributed by atoms with Crippen molar-refractivity contribution in [2.45, 2.75) is 20.3 Å². The molecule has 1 N–H and O–H groups in total. The lowest BCUT2D eigenvalue weighted by atomic mass is 10.2. The standard InChI is InChI=1S/C10H23NO4S/c1-10(2)4-9-16(13,14)11(5-7-12)6-8-15-3/h10,12H,4-9H2,1-3H3. The van der Waals surface area contributed by atoms with Crippen LogP contribution in [0.3, 0.4) is 0 Å². The van der Waals surface area contributed by atoms with Gasteiger partial charge in [0.25, 0.3) is 0 Å². The van der Waals surface area contributed by atoms with Crippen LogP contribution in [0.15, 0.2) is 0 Å². The molecule has 0 heterocycles. The molecule has 0 bridgehead atoms. The van der Waals surface area contributed by atoms with Gasteiger partial charge >= 0.3 is 0 Å². The molecule has 0 spiro atoms. The van der Waals surface area contributed by atoms with Crippen molar-refractivity contribution >= 4 is 10.0 Å². The molecule has 0 unspecified atom stereocenters. The van der Waals surface area contributed by atoms with E-state index in [1.54, 1.807) is 0 Å². The molecule has 0 fully saturated rings. The Hall–Kier alpha value is -0.170. The van der Waals surface area contributed by atoms with Gasteiger partial charge in [-0.3, -0.25) is 0 Å². The number of rotatable bonds is 9. The molecule has 0 aliphatic rings. The number of sulfonamides is 1. The van der Waals surface area contributed by atoms with Crippen LogP contribution < -0.4 is 0 Å². The van der Waals surface area contributed by atoms with Gasteiger partial charge < -0.3 is 9.84 Å². The predicted molar refractivity (Wildman–Crippen MR) is 63.8 cm³/mol. The van der Waals surface area contributed by atoms with E-state index in [-0.39, 0.29) is 18.9 Å². The zero-order valence-corrected chi connectivity index (χ0v) is 11.2. The van der Waals surface area contributed by atoms with Crippen LogP contribution >= 0.6 is 0 Å². The molecule has 0 aliphatic carbocycles. The summed E-state index contributed by atoms with van der Waals surface area (Å²) in [6.45, 7) is 4.61. The highest BCUT2D eigenvalue weighted by atomic mass is 32.2. The van der Waals surface area contributed by atoms with Crippen LogP contribution in [0.2, 0.25) is 0 Å². The third-order valence-corrected chi connectivity index (χ3v) is 4.14. The van der Waals surface area contributed by atoms with Crippen molar-refractivity contribution in [2.24, 2.45) is 5.92 Å². The predicted octanol–water partition coefficient (Wildman–Crippen LogP) is 0.303. The highest BCUT2D eigenvalue weighted by Gasteiger charge is 2.21. The SMILES string of the molecule is COCCN(CCO)S(=O)(=O)CCC(C)C. The smallest absolute Gasteiger partial charge is 0.214 e. The quantitative estimate of drug-likeness (QED) is 0.642. The molecule has 0 saturated heterocycles. The second kappa shape index (κ2) is 8.00. The summed E-state index contributed by atoms with van der Waals surface area (Å²) in [5, 5.41) is 8.83. The molecule has 6 heteroatoms. The molecular formula is C10H23NO4S. The number of hydrogen-bond donors (Lipinski definition) is 1. The summed E-state index contributed by atoms with van der Waals surface area (Å²) in [6.07, 6.45) is 0.636. The van der Waals surface area contributed by atoms with E-state index in [1.807, 2.05) is 13.8 Å². The highest BCUT2D eigenvalue weighted by Crippen LogP contribution is 2.07. The fraction of sp³-hybridized carbons (Fsp3) is 1.00. The van der Waals surface area contributed by atoms with E-state index in [0.29, 0.717) is 25.5 Å². The minimum Gasteiger partial charge on any atom is -0.395 e. The van der Waals surface area contributed by atoms with Crippen LogP contribution in [0.4, 0.5) is 0 Å². The third-order valence-electron chi connectivity index (χ3n) is 2.24. The summed E-state index contributed by atoms with van der Waals surface area (Å²) >= 11 is 0. The summed E-state index contributed by atoms with van der Waals surface area (Å²) in [5.41, 5.74) is 0. The Morgan fingerprint density at radius 1 is 1.31 bits per heavy atom. The Balaban J connectivity index is 4.37. The van der Waals surface area contributed by atoms with Gasteiger partial charge in [0.2, 0.25) is 10.0 Å². The number of nitrogens with zero attached hydrogens (tertiary/aromatic N) is 1. The summed E-state index contributed by atoms with van der Waals surface area (Å²) in [4.78, 5) is 0. The summed E-state index contributed by atoms with van der Waals surface area (Å²) in [5.74, 6) is 0.488. The van der Waals surface area contributed by atoms with Gasteiger partial charge in [-0.2, -0.15) is 4.31 Å². The molecule has 5 nitrogen and oxygen atoms in total. The van der Waals surface area contributed by atoms with Gasteiger partial charge in [0.15, 0.2) is 0 Å². The lowest BCUT2D eigenvalue weighted by Gasteiger charge is -2.21. The maximum Gasteiger partial charge on any atom is 0.214 e. The first-order valence-corrected chi connectivity index (χ1v) is 7.12. The van der Waals surface area contributed by atoms with E-state index in [9.17, 15) is 8.42 Å². The van der Waals surface area contributed by atoms with Gasteiger partial charge in [0.1, 0.15) is 0 Å². The van der Waals surface area contributed by atoms with Gasteiger partial charge in [-0.1, -0.05) is 13.8 Å². The molecule has 0 radical (unpaired) electrons. The van der Waals surface area contributed by atoms with Crippen molar-refractivity contribution in [3.63, 3.8) is 0 Å². The lowest BCUT2D eigenvalue weighted by Crippen LogP contribution is -2.37. The molecule has 0 aliphatic heterocycles. The highest BCUT2D eigenvalue weighted by molar-refractivity contribution is 7.89. The van der Waals surface area contributed by atoms with Crippen molar-refractivity contribution in [3.8, 4) is 0 Å². The van der Waals surface area contributed by atoms with Gasteiger partial charge in [-0.25, -0.2) is 8.42 Å². The molecule has 0 aromatic rings. The Kier molecular flexibility index (Phi) is 7.91. The Morgan fingerprint density at radius 2 is 1.94 bits per heavy atom. The second-order valence-corrected chi connectivity index (χ2v) is 6.20. The Morgan fingerprint density at radius 3 is 2.38 bits per heavy atom. The van der Waals surface area contributed by atoms with E-state index in [0.717, 1.165) is 0 Å². The fourth-order valence-electron chi connectivity index (χ4n) is 1.21. The van der Waals surface area contributed by atoms with Crippen LogP contribution in [-0.4, -0.2) is 57.0 Å². The number of aliphatic hydroxyl groups excluding tert-OH is 1. The van der Waals surface area contributed by atoms with E-state index in [2.05, 4.69) is 0 Å². The van der Waals surface area contributed by atoms with Gasteiger partial charge in [0.05, 0.1) is 19.0 Å². The second-order valence-electron chi connectivity index (χ2n) is 4.11. The number of methoxy groups -OCH3 is 1. The van der Waals surface area contributed by atoms with Crippen LogP contribution in [-0.2, 0) is 14.8 Å². The molecule has 98 valence electrons. The van der Waals surface area contributed by atoms with Crippen molar-refractivity contribution in [2.75, 3.05) is 39.2 Å². The molecular weight excluding hydrogens is 230 g/mol. The third kappa shape index (κ3) is 6.42. The zero-order valence-electron chi connectivity index (χ0n) is 10.3. The van der Waals surface area contributed by atoms with Crippen molar-refractivity contribution < 1.29 is 18.3 Å². The summed E-state index contributed by atoms with van der Waals surface area (Å²) < 4.78 is 29.9. The van der Waals surface area contributed by atoms with E-state index < -0.39 is 10.0 Å². The minimum absolute atomic E-state index is 0.133. The normalized spacial score (nSPS) is 12.6. The van der Waals surface area contributed by atoms with E-state index in [1.165, 1.54) is 11.4 Å². The molecule has 0 aromatic heterocycles.